The summed E-state index contributed by atoms with van der Waals surface area (Å²) in [4.78, 5) is 40.1. The van der Waals surface area contributed by atoms with Crippen LogP contribution in [0.25, 0.3) is 0 Å². The third kappa shape index (κ3) is 8.55. The average Bonchev–Trinajstić information content (AvgIpc) is 2.87. The molecule has 218 valence electrons. The number of amides is 3. The summed E-state index contributed by atoms with van der Waals surface area (Å²) in [6, 6.07) is 4.84. The Labute approximate surface area is 228 Å². The van der Waals surface area contributed by atoms with Crippen LogP contribution in [0.4, 0.5) is 37.2 Å². The summed E-state index contributed by atoms with van der Waals surface area (Å²) in [7, 11) is 0. The molecule has 1 aliphatic rings. The predicted octanol–water partition coefficient (Wildman–Crippen LogP) is 5.56. The first-order chi connectivity index (χ1) is 18.8. The number of nitrogens with one attached hydrogen (secondary N) is 1. The smallest absolute Gasteiger partial charge is 0.416 e. The molecule has 1 fully saturated rings. The number of nitrogens with zero attached hydrogens (tertiary/aromatic N) is 2. The summed E-state index contributed by atoms with van der Waals surface area (Å²) in [6.07, 6.45) is -5.68. The number of benzene rings is 2. The third-order valence-electron chi connectivity index (χ3n) is 6.15. The zero-order chi connectivity index (χ0) is 29.4. The fourth-order valence-corrected chi connectivity index (χ4v) is 4.34. The van der Waals surface area contributed by atoms with E-state index in [1.54, 1.807) is 0 Å². The number of halogens is 5. The topological polar surface area (TPSA) is 88.2 Å². The summed E-state index contributed by atoms with van der Waals surface area (Å²) in [5.74, 6) is -2.33. The van der Waals surface area contributed by atoms with Crippen molar-refractivity contribution in [1.29, 1.82) is 0 Å². The van der Waals surface area contributed by atoms with E-state index in [2.05, 4.69) is 5.32 Å². The minimum Gasteiger partial charge on any atom is -0.464 e. The number of esters is 1. The number of alkyl carbamates (subject to hydrolysis) is 1. The minimum atomic E-state index is -4.85. The molecule has 13 heteroatoms. The van der Waals surface area contributed by atoms with Crippen molar-refractivity contribution in [3.63, 3.8) is 0 Å². The van der Waals surface area contributed by atoms with Crippen molar-refractivity contribution in [2.24, 2.45) is 0 Å². The lowest BCUT2D eigenvalue weighted by Crippen LogP contribution is -2.53. The lowest BCUT2D eigenvalue weighted by atomic mass is 10.0. The number of likely N-dealkylation sites (tertiary alicyclic amines) is 1. The van der Waals surface area contributed by atoms with Gasteiger partial charge < -0.3 is 19.7 Å². The van der Waals surface area contributed by atoms with E-state index in [1.165, 1.54) is 24.8 Å². The number of hydrogen-bond donors (Lipinski definition) is 1. The van der Waals surface area contributed by atoms with E-state index in [0.717, 1.165) is 29.5 Å². The minimum absolute atomic E-state index is 0.154. The van der Waals surface area contributed by atoms with Crippen molar-refractivity contribution in [2.45, 2.75) is 51.9 Å². The highest BCUT2D eigenvalue weighted by Gasteiger charge is 2.35. The van der Waals surface area contributed by atoms with Crippen LogP contribution < -0.4 is 10.2 Å². The van der Waals surface area contributed by atoms with E-state index in [0.29, 0.717) is 43.6 Å². The maximum atomic E-state index is 14.2. The van der Waals surface area contributed by atoms with E-state index in [-0.39, 0.29) is 24.4 Å². The Kier molecular flexibility index (Phi) is 10.3. The van der Waals surface area contributed by atoms with Crippen LogP contribution in [-0.2, 0) is 26.9 Å². The monoisotopic (exact) mass is 571 g/mol. The highest BCUT2D eigenvalue weighted by atomic mass is 19.4. The highest BCUT2D eigenvalue weighted by molar-refractivity contribution is 5.93. The van der Waals surface area contributed by atoms with E-state index in [4.69, 9.17) is 9.47 Å². The van der Waals surface area contributed by atoms with Gasteiger partial charge in [0.05, 0.1) is 17.8 Å². The number of carbonyl (C=O) groups excluding carboxylic acids is 3. The Bertz CT molecular complexity index is 1220. The summed E-state index contributed by atoms with van der Waals surface area (Å²) in [5, 5.41) is 2.35. The zero-order valence-corrected chi connectivity index (χ0v) is 22.0. The van der Waals surface area contributed by atoms with Crippen molar-refractivity contribution in [3.8, 4) is 0 Å². The van der Waals surface area contributed by atoms with Gasteiger partial charge in [-0.2, -0.15) is 13.2 Å². The average molecular weight is 572 g/mol. The first-order valence-corrected chi connectivity index (χ1v) is 12.6. The molecule has 0 bridgehead atoms. The fourth-order valence-electron chi connectivity index (χ4n) is 4.34. The number of carbonyl (C=O) groups is 3. The maximum Gasteiger partial charge on any atom is 0.416 e. The van der Waals surface area contributed by atoms with Gasteiger partial charge in [-0.15, -0.1) is 0 Å². The number of urea groups is 1. The van der Waals surface area contributed by atoms with Gasteiger partial charge in [0.25, 0.3) is 0 Å². The number of anilines is 1. The van der Waals surface area contributed by atoms with E-state index in [9.17, 15) is 36.3 Å². The first kappa shape index (κ1) is 30.6. The molecule has 1 heterocycles. The lowest BCUT2D eigenvalue weighted by molar-refractivity contribution is -0.141. The number of aryl methyl sites for hydroxylation is 1. The molecule has 0 aliphatic carbocycles. The van der Waals surface area contributed by atoms with E-state index in [1.807, 2.05) is 0 Å². The fraction of sp³-hybridized carbons (Fsp3) is 0.444. The summed E-state index contributed by atoms with van der Waals surface area (Å²) in [5.41, 5.74) is -0.994. The maximum absolute atomic E-state index is 14.2. The quantitative estimate of drug-likeness (QED) is 0.194. The number of alkyl halides is 3. The molecule has 3 amide bonds. The molecule has 3 rings (SSSR count). The molecule has 1 aliphatic heterocycles. The van der Waals surface area contributed by atoms with Gasteiger partial charge in [0, 0.05) is 26.4 Å². The Morgan fingerprint density at radius 2 is 1.73 bits per heavy atom. The molecule has 1 atom stereocenters. The molecule has 1 saturated heterocycles. The summed E-state index contributed by atoms with van der Waals surface area (Å²) >= 11 is 0. The molecule has 1 N–H and O–H groups in total. The second-order valence-corrected chi connectivity index (χ2v) is 9.31. The normalized spacial score (nSPS) is 14.3. The summed E-state index contributed by atoms with van der Waals surface area (Å²) < 4.78 is 78.7. The Morgan fingerprint density at radius 1 is 1.02 bits per heavy atom. The zero-order valence-electron chi connectivity index (χ0n) is 22.0. The van der Waals surface area contributed by atoms with Crippen LogP contribution >= 0.6 is 0 Å². The van der Waals surface area contributed by atoms with E-state index >= 15 is 0 Å². The molecule has 0 spiro atoms. The van der Waals surface area contributed by atoms with Gasteiger partial charge in [-0.1, -0.05) is 0 Å². The predicted molar refractivity (Wildman–Crippen MR) is 134 cm³/mol. The lowest BCUT2D eigenvalue weighted by Gasteiger charge is -2.37. The SMILES string of the molecule is CC(=O)OCCNC(=O)OC(Cc1cc(F)cc(C(F)(F)F)c1)N(C(=O)N1CCCCC1)c1ccc(F)cc1C. The number of ether oxygens (including phenoxy) is 2. The van der Waals surface area contributed by atoms with Gasteiger partial charge in [0.1, 0.15) is 18.2 Å². The standard InChI is InChI=1S/C27H30F5N3O5/c1-17-12-21(28)6-7-23(17)35(26(38)34-9-4-3-5-10-34)24(40-25(37)33-8-11-39-18(2)36)15-19-13-20(27(30,31)32)16-22(29)14-19/h6-7,12-14,16,24H,3-5,8-11,15H2,1-2H3,(H,33,37). The number of hydrogen-bond acceptors (Lipinski definition) is 5. The number of rotatable bonds is 8. The molecule has 0 radical (unpaired) electrons. The van der Waals surface area contributed by atoms with Gasteiger partial charge in [-0.3, -0.25) is 9.69 Å². The number of piperidine rings is 1. The van der Waals surface area contributed by atoms with Gasteiger partial charge in [0.15, 0.2) is 6.23 Å². The Balaban J connectivity index is 2.02. The van der Waals surface area contributed by atoms with Crippen molar-refractivity contribution in [1.82, 2.24) is 10.2 Å². The van der Waals surface area contributed by atoms with Crippen molar-refractivity contribution >= 4 is 23.8 Å². The second kappa shape index (κ2) is 13.4. The molecule has 0 aromatic heterocycles. The van der Waals surface area contributed by atoms with Crippen molar-refractivity contribution in [3.05, 3.63) is 64.7 Å². The molecule has 1 unspecified atom stereocenters. The highest BCUT2D eigenvalue weighted by Crippen LogP contribution is 2.32. The van der Waals surface area contributed by atoms with Crippen LogP contribution in [0.2, 0.25) is 0 Å². The molecular weight excluding hydrogens is 541 g/mol. The Morgan fingerprint density at radius 3 is 2.35 bits per heavy atom. The molecule has 2 aromatic rings. The van der Waals surface area contributed by atoms with Gasteiger partial charge >= 0.3 is 24.3 Å². The van der Waals surface area contributed by atoms with Crippen LogP contribution in [-0.4, -0.2) is 55.5 Å². The van der Waals surface area contributed by atoms with Gasteiger partial charge in [0.2, 0.25) is 0 Å². The largest absolute Gasteiger partial charge is 0.464 e. The van der Waals surface area contributed by atoms with E-state index < -0.39 is 54.1 Å². The second-order valence-electron chi connectivity index (χ2n) is 9.31. The third-order valence-corrected chi connectivity index (χ3v) is 6.15. The van der Waals surface area contributed by atoms with Crippen LogP contribution in [0.15, 0.2) is 36.4 Å². The van der Waals surface area contributed by atoms with Crippen LogP contribution in [0.3, 0.4) is 0 Å². The molecule has 0 saturated carbocycles. The summed E-state index contributed by atoms with van der Waals surface area (Å²) in [6.45, 7) is 3.14. The molecule has 40 heavy (non-hydrogen) atoms. The van der Waals surface area contributed by atoms with Crippen LogP contribution in [0.5, 0.6) is 0 Å². The van der Waals surface area contributed by atoms with Crippen LogP contribution in [0.1, 0.15) is 42.9 Å². The van der Waals surface area contributed by atoms with Gasteiger partial charge in [-0.05, 0) is 73.7 Å². The van der Waals surface area contributed by atoms with Crippen LogP contribution in [0, 0.1) is 18.6 Å². The molecule has 2 aromatic carbocycles. The van der Waals surface area contributed by atoms with Crippen molar-refractivity contribution in [2.75, 3.05) is 31.1 Å². The van der Waals surface area contributed by atoms with Crippen molar-refractivity contribution < 1.29 is 45.8 Å². The first-order valence-electron chi connectivity index (χ1n) is 12.6. The van der Waals surface area contributed by atoms with Gasteiger partial charge in [-0.25, -0.2) is 18.4 Å². The molecule has 8 nitrogen and oxygen atoms in total. The Hall–Kier alpha value is -3.90. The molecular formula is C27H30F5N3O5.